The second-order valence-corrected chi connectivity index (χ2v) is 4.25. The largest absolute Gasteiger partial charge is 0.480 e. The van der Waals surface area contributed by atoms with E-state index in [9.17, 15) is 9.59 Å². The highest BCUT2D eigenvalue weighted by Crippen LogP contribution is 2.21. The summed E-state index contributed by atoms with van der Waals surface area (Å²) in [6.07, 6.45) is 1.92. The van der Waals surface area contributed by atoms with Crippen molar-refractivity contribution in [3.8, 4) is 17.6 Å². The summed E-state index contributed by atoms with van der Waals surface area (Å²) in [6, 6.07) is 7.19. The third-order valence-corrected chi connectivity index (χ3v) is 2.56. The van der Waals surface area contributed by atoms with Gasteiger partial charge in [-0.3, -0.25) is 0 Å². The van der Waals surface area contributed by atoms with Gasteiger partial charge in [0.15, 0.2) is 0 Å². The summed E-state index contributed by atoms with van der Waals surface area (Å²) < 4.78 is 14.8. The standard InChI is InChI=1S/C17H18O5.CO2/c1-4-21-16(18)10-7-11-22-15-9-6-5-8-14(15)12-13(2)17(19)20-3;2-1-3/h5-6,8-9,12H,4,11H2,1-3H3;/b13-12+;. The van der Waals surface area contributed by atoms with Gasteiger partial charge in [-0.05, 0) is 31.9 Å². The van der Waals surface area contributed by atoms with Gasteiger partial charge in [-0.25, -0.2) is 9.59 Å². The van der Waals surface area contributed by atoms with E-state index in [2.05, 4.69) is 21.3 Å². The van der Waals surface area contributed by atoms with Crippen LogP contribution in [0.5, 0.6) is 5.75 Å². The van der Waals surface area contributed by atoms with E-state index in [-0.39, 0.29) is 19.4 Å². The number of hydrogen-bond donors (Lipinski definition) is 0. The van der Waals surface area contributed by atoms with Gasteiger partial charge in [0.1, 0.15) is 12.4 Å². The summed E-state index contributed by atoms with van der Waals surface area (Å²) in [5, 5.41) is 0. The lowest BCUT2D eigenvalue weighted by molar-refractivity contribution is -0.191. The van der Waals surface area contributed by atoms with Crippen molar-refractivity contribution in [2.75, 3.05) is 20.3 Å². The number of para-hydroxylation sites is 1. The van der Waals surface area contributed by atoms with Crippen molar-refractivity contribution >= 4 is 24.2 Å². The summed E-state index contributed by atoms with van der Waals surface area (Å²) in [4.78, 5) is 38.7. The molecule has 7 heteroatoms. The van der Waals surface area contributed by atoms with Crippen molar-refractivity contribution < 1.29 is 33.4 Å². The van der Waals surface area contributed by atoms with Crippen LogP contribution >= 0.6 is 0 Å². The first-order chi connectivity index (χ1) is 12.0. The smallest absolute Gasteiger partial charge is 0.384 e. The fourth-order valence-electron chi connectivity index (χ4n) is 1.57. The van der Waals surface area contributed by atoms with E-state index in [0.29, 0.717) is 11.3 Å². The molecule has 0 saturated heterocycles. The Morgan fingerprint density at radius 2 is 1.84 bits per heavy atom. The number of rotatable bonds is 5. The SMILES string of the molecule is CCOC(=O)C#CCOc1ccccc1/C=C(\C)C(=O)OC.O=C=O. The molecule has 0 aromatic heterocycles. The Kier molecular flexibility index (Phi) is 11.4. The fourth-order valence-corrected chi connectivity index (χ4v) is 1.57. The topological polar surface area (TPSA) is 96.0 Å². The van der Waals surface area contributed by atoms with Crippen molar-refractivity contribution in [2.24, 2.45) is 0 Å². The zero-order chi connectivity index (χ0) is 19.1. The fraction of sp³-hybridized carbons (Fsp3) is 0.278. The zero-order valence-corrected chi connectivity index (χ0v) is 14.2. The zero-order valence-electron chi connectivity index (χ0n) is 14.2. The molecule has 0 fully saturated rings. The molecule has 0 spiro atoms. The molecule has 0 saturated carbocycles. The minimum atomic E-state index is -0.583. The highest BCUT2D eigenvalue weighted by molar-refractivity contribution is 5.93. The maximum absolute atomic E-state index is 11.4. The highest BCUT2D eigenvalue weighted by Gasteiger charge is 2.06. The lowest BCUT2D eigenvalue weighted by atomic mass is 10.1. The number of benzene rings is 1. The van der Waals surface area contributed by atoms with Crippen molar-refractivity contribution in [1.29, 1.82) is 0 Å². The number of methoxy groups -OCH3 is 1. The number of esters is 2. The van der Waals surface area contributed by atoms with Gasteiger partial charge in [-0.15, -0.1) is 0 Å². The van der Waals surface area contributed by atoms with Crippen LogP contribution < -0.4 is 4.74 Å². The minimum Gasteiger partial charge on any atom is -0.480 e. The molecule has 0 unspecified atom stereocenters. The van der Waals surface area contributed by atoms with E-state index in [4.69, 9.17) is 14.3 Å². The molecule has 0 N–H and O–H groups in total. The molecular formula is C18H18O7. The Bertz CT molecular complexity index is 702. The maximum atomic E-state index is 11.4. The summed E-state index contributed by atoms with van der Waals surface area (Å²) >= 11 is 0. The van der Waals surface area contributed by atoms with Crippen LogP contribution in [0.1, 0.15) is 19.4 Å². The van der Waals surface area contributed by atoms with E-state index < -0.39 is 11.9 Å². The third-order valence-electron chi connectivity index (χ3n) is 2.56. The van der Waals surface area contributed by atoms with Crippen molar-refractivity contribution in [1.82, 2.24) is 0 Å². The molecule has 1 rings (SSSR count). The first-order valence-electron chi connectivity index (χ1n) is 7.13. The quantitative estimate of drug-likeness (QED) is 0.346. The van der Waals surface area contributed by atoms with Gasteiger partial charge in [-0.2, -0.15) is 9.59 Å². The summed E-state index contributed by atoms with van der Waals surface area (Å²) in [6.45, 7) is 3.70. The molecule has 25 heavy (non-hydrogen) atoms. The van der Waals surface area contributed by atoms with Crippen LogP contribution in [0.15, 0.2) is 29.8 Å². The van der Waals surface area contributed by atoms with Gasteiger partial charge in [0.25, 0.3) is 0 Å². The van der Waals surface area contributed by atoms with Gasteiger partial charge in [-0.1, -0.05) is 18.2 Å². The number of ether oxygens (including phenoxy) is 3. The predicted octanol–water partition coefficient (Wildman–Crippen LogP) is 1.62. The van der Waals surface area contributed by atoms with Gasteiger partial charge in [0, 0.05) is 17.1 Å². The molecule has 0 heterocycles. The van der Waals surface area contributed by atoms with Crippen LogP contribution in [0.2, 0.25) is 0 Å². The van der Waals surface area contributed by atoms with Crippen molar-refractivity contribution in [3.63, 3.8) is 0 Å². The second kappa shape index (κ2) is 13.1. The summed E-state index contributed by atoms with van der Waals surface area (Å²) in [5.41, 5.74) is 1.18. The molecule has 132 valence electrons. The molecule has 7 nitrogen and oxygen atoms in total. The molecule has 1 aromatic rings. The molecule has 0 aliphatic heterocycles. The van der Waals surface area contributed by atoms with Crippen molar-refractivity contribution in [3.05, 3.63) is 35.4 Å². The Labute approximate surface area is 145 Å². The molecule has 0 aliphatic rings. The first kappa shape index (κ1) is 21.6. The van der Waals surface area contributed by atoms with Gasteiger partial charge < -0.3 is 14.2 Å². The minimum absolute atomic E-state index is 0.0426. The monoisotopic (exact) mass is 346 g/mol. The third kappa shape index (κ3) is 9.39. The van der Waals surface area contributed by atoms with E-state index in [1.54, 1.807) is 38.1 Å². The number of carbonyl (C=O) groups is 2. The average molecular weight is 346 g/mol. The van der Waals surface area contributed by atoms with Crippen LogP contribution in [-0.4, -0.2) is 38.4 Å². The lowest BCUT2D eigenvalue weighted by Crippen LogP contribution is -2.03. The Hall–Kier alpha value is -3.36. The number of carbonyl (C=O) groups excluding carboxylic acids is 4. The molecule has 0 radical (unpaired) electrons. The highest BCUT2D eigenvalue weighted by atomic mass is 16.5. The lowest BCUT2D eigenvalue weighted by Gasteiger charge is -2.07. The first-order valence-corrected chi connectivity index (χ1v) is 7.13. The Balaban J connectivity index is 0.00000178. The van der Waals surface area contributed by atoms with Crippen LogP contribution in [0, 0.1) is 11.8 Å². The molecule has 0 aliphatic carbocycles. The maximum Gasteiger partial charge on any atom is 0.384 e. The van der Waals surface area contributed by atoms with E-state index in [1.165, 1.54) is 7.11 Å². The number of hydrogen-bond acceptors (Lipinski definition) is 7. The van der Waals surface area contributed by atoms with Crippen LogP contribution in [0.25, 0.3) is 6.08 Å². The van der Waals surface area contributed by atoms with Crippen LogP contribution in [0.4, 0.5) is 0 Å². The van der Waals surface area contributed by atoms with Crippen LogP contribution in [0.3, 0.4) is 0 Å². The van der Waals surface area contributed by atoms with E-state index in [0.717, 1.165) is 5.56 Å². The molecule has 0 amide bonds. The predicted molar refractivity (Wildman–Crippen MR) is 87.0 cm³/mol. The van der Waals surface area contributed by atoms with Gasteiger partial charge in [0.05, 0.1) is 13.7 Å². The molecular weight excluding hydrogens is 328 g/mol. The molecule has 0 bridgehead atoms. The van der Waals surface area contributed by atoms with Crippen LogP contribution in [-0.2, 0) is 28.7 Å². The average Bonchev–Trinajstić information content (AvgIpc) is 2.60. The van der Waals surface area contributed by atoms with Gasteiger partial charge >= 0.3 is 18.1 Å². The van der Waals surface area contributed by atoms with Crippen molar-refractivity contribution in [2.45, 2.75) is 13.8 Å². The Morgan fingerprint density at radius 1 is 1.20 bits per heavy atom. The van der Waals surface area contributed by atoms with Gasteiger partial charge in [0.2, 0.25) is 0 Å². The van der Waals surface area contributed by atoms with E-state index >= 15 is 0 Å². The summed E-state index contributed by atoms with van der Waals surface area (Å²) in [5.74, 6) is 4.46. The second-order valence-electron chi connectivity index (χ2n) is 4.25. The Morgan fingerprint density at radius 3 is 2.44 bits per heavy atom. The molecule has 0 atom stereocenters. The molecule has 1 aromatic carbocycles. The normalized spacial score (nSPS) is 9.32. The summed E-state index contributed by atoms with van der Waals surface area (Å²) in [7, 11) is 1.33. The van der Waals surface area contributed by atoms with E-state index in [1.807, 2.05) is 6.07 Å².